The van der Waals surface area contributed by atoms with Crippen LogP contribution in [-0.4, -0.2) is 42.3 Å². The van der Waals surface area contributed by atoms with Crippen molar-refractivity contribution in [2.75, 3.05) is 13.1 Å². The molecule has 1 amide bonds. The topological polar surface area (TPSA) is 20.3 Å². The van der Waals surface area contributed by atoms with Crippen LogP contribution in [0.1, 0.15) is 85.5 Å². The summed E-state index contributed by atoms with van der Waals surface area (Å²) in [6.07, 6.45) is 13.7. The van der Waals surface area contributed by atoms with Crippen molar-refractivity contribution in [3.63, 3.8) is 0 Å². The van der Waals surface area contributed by atoms with Gasteiger partial charge in [0.2, 0.25) is 0 Å². The Morgan fingerprint density at radius 3 is 1.71 bits per heavy atom. The number of hydrogen-bond donors (Lipinski definition) is 0. The van der Waals surface area contributed by atoms with Gasteiger partial charge in [-0.3, -0.25) is 0 Å². The number of allylic oxidation sites excluding steroid dienone is 1. The van der Waals surface area contributed by atoms with E-state index in [1.807, 2.05) is 0 Å². The Labute approximate surface area is 155 Å². The van der Waals surface area contributed by atoms with E-state index in [-0.39, 0.29) is 0 Å². The Hall–Kier alpha value is 0.00870. The molecule has 1 aliphatic rings. The van der Waals surface area contributed by atoms with Crippen LogP contribution in [0.4, 0.5) is 0 Å². The third-order valence-electron chi connectivity index (χ3n) is 5.76. The number of carbonyl (C=O) groups is 1. The minimum atomic E-state index is -2.58. The average Bonchev–Trinajstić information content (AvgIpc) is 2.63. The predicted molar refractivity (Wildman–Crippen MR) is 109 cm³/mol. The fourth-order valence-electron chi connectivity index (χ4n) is 4.25. The standard InChI is InChI=1S/C9H14NO.3C4H9.Sn/c1-2-6-9(11)10-7-4-3-5-8-10;3*1-3-4-2;/h2H,3-5,7-8H2,1H3;3*1,3-4H2,2H3;. The Bertz CT molecular complexity index is 364. The summed E-state index contributed by atoms with van der Waals surface area (Å²) in [7, 11) is 0. The van der Waals surface area contributed by atoms with Crippen molar-refractivity contribution in [2.45, 2.75) is 98.8 Å². The first kappa shape index (κ1) is 22.1. The maximum atomic E-state index is 13.4. The monoisotopic (exact) mass is 443 g/mol. The molecule has 2 nitrogen and oxygen atoms in total. The molecule has 0 unspecified atom stereocenters. The third kappa shape index (κ3) is 6.38. The van der Waals surface area contributed by atoms with Crippen LogP contribution in [-0.2, 0) is 4.79 Å². The molecule has 1 heterocycles. The summed E-state index contributed by atoms with van der Waals surface area (Å²) in [5, 5.41) is 0. The second kappa shape index (κ2) is 12.4. The number of amides is 1. The van der Waals surface area contributed by atoms with Crippen molar-refractivity contribution in [3.8, 4) is 0 Å². The molecule has 3 heteroatoms. The Kier molecular flexibility index (Phi) is 11.4. The molecule has 0 aromatic carbocycles. The van der Waals surface area contributed by atoms with Crippen LogP contribution in [0.3, 0.4) is 0 Å². The van der Waals surface area contributed by atoms with Crippen molar-refractivity contribution in [2.24, 2.45) is 0 Å². The predicted octanol–water partition coefficient (Wildman–Crippen LogP) is 6.33. The average molecular weight is 442 g/mol. The van der Waals surface area contributed by atoms with Crippen molar-refractivity contribution >= 4 is 24.3 Å². The number of hydrogen-bond acceptors (Lipinski definition) is 1. The normalized spacial score (nSPS) is 16.5. The van der Waals surface area contributed by atoms with Crippen LogP contribution in [0, 0.1) is 0 Å². The number of rotatable bonds is 11. The van der Waals surface area contributed by atoms with E-state index in [1.54, 1.807) is 0 Å². The van der Waals surface area contributed by atoms with Crippen molar-refractivity contribution in [1.82, 2.24) is 4.90 Å². The van der Waals surface area contributed by atoms with Gasteiger partial charge >= 0.3 is 156 Å². The number of likely N-dealkylation sites (tertiary alicyclic amines) is 1. The molecule has 0 bridgehead atoms. The van der Waals surface area contributed by atoms with Gasteiger partial charge in [0.1, 0.15) is 0 Å². The van der Waals surface area contributed by atoms with Gasteiger partial charge < -0.3 is 0 Å². The van der Waals surface area contributed by atoms with Crippen molar-refractivity contribution in [3.05, 3.63) is 9.67 Å². The van der Waals surface area contributed by atoms with Gasteiger partial charge in [-0.1, -0.05) is 0 Å². The Balaban J connectivity index is 3.05. The number of piperidine rings is 1. The van der Waals surface area contributed by atoms with Gasteiger partial charge in [-0.2, -0.15) is 0 Å². The summed E-state index contributed by atoms with van der Waals surface area (Å²) < 4.78 is 5.53. The van der Waals surface area contributed by atoms with E-state index in [9.17, 15) is 4.79 Å². The van der Waals surface area contributed by atoms with Gasteiger partial charge in [0.25, 0.3) is 0 Å². The van der Waals surface area contributed by atoms with E-state index < -0.39 is 18.4 Å². The fourth-order valence-corrected chi connectivity index (χ4v) is 21.0. The molecule has 1 rings (SSSR count). The second-order valence-electron chi connectivity index (χ2n) is 7.65. The molecule has 0 saturated carbocycles. The van der Waals surface area contributed by atoms with Crippen LogP contribution >= 0.6 is 0 Å². The first-order valence-electron chi connectivity index (χ1n) is 10.6. The number of unbranched alkanes of at least 4 members (excludes halogenated alkanes) is 3. The summed E-state index contributed by atoms with van der Waals surface area (Å²) in [5.41, 5.74) is 0. The van der Waals surface area contributed by atoms with Gasteiger partial charge in [0.15, 0.2) is 0 Å². The molecule has 0 radical (unpaired) electrons. The third-order valence-corrected chi connectivity index (χ3v) is 21.7. The summed E-state index contributed by atoms with van der Waals surface area (Å²) in [6, 6.07) is 0. The van der Waals surface area contributed by atoms with Gasteiger partial charge in [-0.05, 0) is 0 Å². The van der Waals surface area contributed by atoms with Crippen LogP contribution < -0.4 is 0 Å². The molecule has 1 aliphatic heterocycles. The fraction of sp³-hybridized carbons (Fsp3) is 0.857. The van der Waals surface area contributed by atoms with E-state index in [2.05, 4.69) is 38.7 Å². The molecule has 0 N–H and O–H groups in total. The molecule has 1 fully saturated rings. The zero-order chi connectivity index (χ0) is 17.8. The summed E-state index contributed by atoms with van der Waals surface area (Å²) in [6.45, 7) is 11.0. The Morgan fingerprint density at radius 2 is 1.33 bits per heavy atom. The number of carbonyl (C=O) groups excluding carboxylic acids is 1. The molecular formula is C21H41NOSn. The van der Waals surface area contributed by atoms with E-state index in [0.717, 1.165) is 13.1 Å². The van der Waals surface area contributed by atoms with E-state index in [4.69, 9.17) is 0 Å². The van der Waals surface area contributed by atoms with Gasteiger partial charge in [0, 0.05) is 0 Å². The maximum absolute atomic E-state index is 13.4. The SMILES string of the molecule is C/C=[C](\C(=O)N1CCCCC1)[Sn]([CH2]CCC)([CH2]CCC)[CH2]CCC. The molecule has 140 valence electrons. The summed E-state index contributed by atoms with van der Waals surface area (Å²) in [5.74, 6) is 0.441. The first-order chi connectivity index (χ1) is 11.6. The van der Waals surface area contributed by atoms with Crippen LogP contribution in [0.25, 0.3) is 0 Å². The molecule has 1 saturated heterocycles. The molecule has 0 spiro atoms. The van der Waals surface area contributed by atoms with Gasteiger partial charge in [0.05, 0.1) is 0 Å². The van der Waals surface area contributed by atoms with Crippen LogP contribution in [0.2, 0.25) is 13.3 Å². The zero-order valence-electron chi connectivity index (χ0n) is 16.8. The molecule has 0 atom stereocenters. The van der Waals surface area contributed by atoms with Crippen LogP contribution in [0.5, 0.6) is 0 Å². The summed E-state index contributed by atoms with van der Waals surface area (Å²) in [4.78, 5) is 15.6. The van der Waals surface area contributed by atoms with E-state index in [1.165, 1.54) is 74.7 Å². The summed E-state index contributed by atoms with van der Waals surface area (Å²) >= 11 is -2.58. The molecule has 0 aromatic rings. The first-order valence-corrected chi connectivity index (χ1v) is 18.1. The quantitative estimate of drug-likeness (QED) is 0.270. The molecule has 0 aromatic heterocycles. The van der Waals surface area contributed by atoms with E-state index in [0.29, 0.717) is 5.91 Å². The van der Waals surface area contributed by atoms with Gasteiger partial charge in [-0.15, -0.1) is 0 Å². The zero-order valence-corrected chi connectivity index (χ0v) is 19.7. The van der Waals surface area contributed by atoms with E-state index >= 15 is 0 Å². The molecule has 0 aliphatic carbocycles. The molecule has 24 heavy (non-hydrogen) atoms. The van der Waals surface area contributed by atoms with Crippen molar-refractivity contribution in [1.29, 1.82) is 0 Å². The number of nitrogens with zero attached hydrogens (tertiary/aromatic N) is 1. The second-order valence-corrected chi connectivity index (χ2v) is 20.8. The van der Waals surface area contributed by atoms with Crippen LogP contribution in [0.15, 0.2) is 9.67 Å². The van der Waals surface area contributed by atoms with Crippen molar-refractivity contribution < 1.29 is 4.79 Å². The molecular weight excluding hydrogens is 401 g/mol. The van der Waals surface area contributed by atoms with Gasteiger partial charge in [-0.25, -0.2) is 0 Å². The Morgan fingerprint density at radius 1 is 0.875 bits per heavy atom. The minimum absolute atomic E-state index is 0.441.